The van der Waals surface area contributed by atoms with Crippen LogP contribution in [0, 0.1) is 11.3 Å². The Labute approximate surface area is 224 Å². The number of carbonyl (C=O) groups excluding carboxylic acids is 5. The number of nitrogens with one attached hydrogen (secondary N) is 1. The Morgan fingerprint density at radius 2 is 1.82 bits per heavy atom. The van der Waals surface area contributed by atoms with Gasteiger partial charge in [-0.3, -0.25) is 24.0 Å². The molecule has 3 aliphatic rings. The van der Waals surface area contributed by atoms with Crippen molar-refractivity contribution >= 4 is 29.4 Å². The zero-order valence-electron chi connectivity index (χ0n) is 23.0. The number of carbonyl (C=O) groups is 5. The summed E-state index contributed by atoms with van der Waals surface area (Å²) in [6.45, 7) is 9.52. The minimum Gasteiger partial charge on any atom is -0.461 e. The molecule has 1 aliphatic carbocycles. The number of allylic oxidation sites excluding steroid dienone is 4. The van der Waals surface area contributed by atoms with E-state index in [1.807, 2.05) is 19.9 Å². The second-order valence-electron chi connectivity index (χ2n) is 10.2. The van der Waals surface area contributed by atoms with Crippen LogP contribution >= 0.6 is 0 Å². The quantitative estimate of drug-likeness (QED) is 0.315. The highest BCUT2D eigenvalue weighted by atomic mass is 16.6. The maximum Gasteiger partial charge on any atom is 0.322 e. The van der Waals surface area contributed by atoms with Crippen molar-refractivity contribution in [2.45, 2.75) is 91.6 Å². The number of Topliss-reactive ketones (excluding diaryl/α,β-unsaturated/α-hetero) is 2. The molecule has 3 rings (SSSR count). The summed E-state index contributed by atoms with van der Waals surface area (Å²) in [5, 5.41) is 13.1. The number of ether oxygens (including phenoxy) is 2. The summed E-state index contributed by atoms with van der Waals surface area (Å²) in [4.78, 5) is 63.1. The third-order valence-electron chi connectivity index (χ3n) is 6.86. The Balaban J connectivity index is 2.60. The number of aliphatic hydroxyl groups is 1. The second-order valence-corrected chi connectivity index (χ2v) is 10.2. The molecule has 208 valence electrons. The number of hydrogen-bond donors (Lipinski definition) is 2. The first-order chi connectivity index (χ1) is 17.8. The van der Waals surface area contributed by atoms with E-state index in [2.05, 4.69) is 5.32 Å². The molecule has 2 bridgehead atoms. The van der Waals surface area contributed by atoms with Crippen LogP contribution in [0.1, 0.15) is 67.2 Å². The van der Waals surface area contributed by atoms with E-state index in [9.17, 15) is 29.1 Å². The molecule has 0 aromatic heterocycles. The van der Waals surface area contributed by atoms with Crippen molar-refractivity contribution in [2.24, 2.45) is 11.3 Å². The van der Waals surface area contributed by atoms with Crippen molar-refractivity contribution in [3.8, 4) is 0 Å². The van der Waals surface area contributed by atoms with Crippen LogP contribution in [0.2, 0.25) is 0 Å². The van der Waals surface area contributed by atoms with E-state index in [4.69, 9.17) is 9.47 Å². The molecule has 9 nitrogen and oxygen atoms in total. The first-order valence-corrected chi connectivity index (χ1v) is 13.0. The summed E-state index contributed by atoms with van der Waals surface area (Å²) in [5.74, 6) is -4.15. The van der Waals surface area contributed by atoms with Crippen molar-refractivity contribution in [1.29, 1.82) is 0 Å². The SMILES string of the molecule is CCCC(=O)O[C@@H]1/C=C\C(C)=C/[C@@H](NC(=O)C(C)=O)[C@]2(C)C(=O)O[C@H](C[C@H](O)/C=C\C(C)=C/C1)C(C)C2=O. The molecule has 2 aliphatic heterocycles. The largest absolute Gasteiger partial charge is 0.461 e. The van der Waals surface area contributed by atoms with Crippen LogP contribution in [0.15, 0.2) is 47.6 Å². The topological polar surface area (TPSA) is 136 Å². The molecule has 1 amide bonds. The van der Waals surface area contributed by atoms with Gasteiger partial charge in [0.25, 0.3) is 5.91 Å². The molecular formula is C29H39NO8. The Morgan fingerprint density at radius 1 is 1.16 bits per heavy atom. The molecular weight excluding hydrogens is 490 g/mol. The van der Waals surface area contributed by atoms with Crippen LogP contribution < -0.4 is 5.32 Å². The van der Waals surface area contributed by atoms with E-state index in [-0.39, 0.29) is 18.8 Å². The molecule has 0 saturated carbocycles. The minimum atomic E-state index is -1.81. The van der Waals surface area contributed by atoms with E-state index < -0.39 is 59.1 Å². The summed E-state index contributed by atoms with van der Waals surface area (Å²) in [7, 11) is 0. The average Bonchev–Trinajstić information content (AvgIpc) is 2.85. The first-order valence-electron chi connectivity index (χ1n) is 13.0. The van der Waals surface area contributed by atoms with E-state index in [1.54, 1.807) is 38.2 Å². The third kappa shape index (κ3) is 7.84. The lowest BCUT2D eigenvalue weighted by atomic mass is 9.69. The van der Waals surface area contributed by atoms with Gasteiger partial charge in [-0.2, -0.15) is 0 Å². The molecule has 0 aromatic carbocycles. The summed E-state index contributed by atoms with van der Waals surface area (Å²) in [5.41, 5.74) is -0.419. The number of aliphatic hydroxyl groups excluding tert-OH is 1. The molecule has 0 aromatic rings. The number of hydrogen-bond acceptors (Lipinski definition) is 8. The van der Waals surface area contributed by atoms with Gasteiger partial charge < -0.3 is 19.9 Å². The molecule has 1 unspecified atom stereocenters. The molecule has 6 atom stereocenters. The summed E-state index contributed by atoms with van der Waals surface area (Å²) < 4.78 is 11.2. The maximum atomic E-state index is 13.6. The molecule has 1 saturated heterocycles. The lowest BCUT2D eigenvalue weighted by molar-refractivity contribution is -0.181. The van der Waals surface area contributed by atoms with Gasteiger partial charge in [0.05, 0.1) is 18.1 Å². The predicted molar refractivity (Wildman–Crippen MR) is 141 cm³/mol. The fraction of sp³-hybridized carbons (Fsp3) is 0.552. The number of rotatable bonds is 5. The number of esters is 2. The van der Waals surface area contributed by atoms with Crippen LogP contribution in [0.25, 0.3) is 0 Å². The summed E-state index contributed by atoms with van der Waals surface area (Å²) in [6.07, 6.45) is 8.90. The van der Waals surface area contributed by atoms with Gasteiger partial charge in [-0.05, 0) is 33.3 Å². The number of amides is 1. The van der Waals surface area contributed by atoms with Crippen LogP contribution in [-0.4, -0.2) is 58.9 Å². The molecule has 2 N–H and O–H groups in total. The van der Waals surface area contributed by atoms with E-state index in [0.717, 1.165) is 12.5 Å². The van der Waals surface area contributed by atoms with Gasteiger partial charge in [0.1, 0.15) is 17.6 Å². The van der Waals surface area contributed by atoms with Gasteiger partial charge in [-0.1, -0.05) is 55.4 Å². The summed E-state index contributed by atoms with van der Waals surface area (Å²) >= 11 is 0. The van der Waals surface area contributed by atoms with Crippen molar-refractivity contribution in [1.82, 2.24) is 5.32 Å². The highest BCUT2D eigenvalue weighted by Gasteiger charge is 2.56. The second kappa shape index (κ2) is 13.5. The Bertz CT molecular complexity index is 1070. The van der Waals surface area contributed by atoms with Gasteiger partial charge in [0.15, 0.2) is 5.78 Å². The Kier molecular flexibility index (Phi) is 10.9. The minimum absolute atomic E-state index is 0.0106. The van der Waals surface area contributed by atoms with Crippen LogP contribution in [0.5, 0.6) is 0 Å². The average molecular weight is 530 g/mol. The van der Waals surface area contributed by atoms with Crippen molar-refractivity contribution < 1.29 is 38.6 Å². The normalized spacial score (nSPS) is 35.0. The van der Waals surface area contributed by atoms with E-state index in [0.29, 0.717) is 18.4 Å². The molecule has 1 fully saturated rings. The Morgan fingerprint density at radius 3 is 2.45 bits per heavy atom. The zero-order valence-corrected chi connectivity index (χ0v) is 23.0. The monoisotopic (exact) mass is 529 g/mol. The van der Waals surface area contributed by atoms with Crippen LogP contribution in [-0.2, 0) is 33.4 Å². The smallest absolute Gasteiger partial charge is 0.322 e. The van der Waals surface area contributed by atoms with Crippen molar-refractivity contribution in [3.05, 3.63) is 47.6 Å². The molecule has 0 radical (unpaired) electrons. The molecule has 2 heterocycles. The van der Waals surface area contributed by atoms with Gasteiger partial charge in [0, 0.05) is 26.2 Å². The highest BCUT2D eigenvalue weighted by molar-refractivity contribution is 6.35. The number of fused-ring (bicyclic) bond motifs is 10. The lowest BCUT2D eigenvalue weighted by Crippen LogP contribution is -2.61. The number of ketones is 2. The molecule has 0 spiro atoms. The fourth-order valence-electron chi connectivity index (χ4n) is 4.36. The van der Waals surface area contributed by atoms with Crippen molar-refractivity contribution in [3.63, 3.8) is 0 Å². The molecule has 38 heavy (non-hydrogen) atoms. The van der Waals surface area contributed by atoms with Gasteiger partial charge in [-0.15, -0.1) is 0 Å². The molecule has 9 heteroatoms. The zero-order chi connectivity index (χ0) is 28.6. The van der Waals surface area contributed by atoms with Crippen LogP contribution in [0.4, 0.5) is 0 Å². The third-order valence-corrected chi connectivity index (χ3v) is 6.86. The lowest BCUT2D eigenvalue weighted by Gasteiger charge is -2.42. The maximum absolute atomic E-state index is 13.6. The van der Waals surface area contributed by atoms with Crippen LogP contribution in [0.3, 0.4) is 0 Å². The Hall–Kier alpha value is -3.33. The van der Waals surface area contributed by atoms with E-state index in [1.165, 1.54) is 13.0 Å². The summed E-state index contributed by atoms with van der Waals surface area (Å²) in [6, 6.07) is -1.18. The fourth-order valence-corrected chi connectivity index (χ4v) is 4.36. The van der Waals surface area contributed by atoms with Gasteiger partial charge in [-0.25, -0.2) is 0 Å². The first kappa shape index (κ1) is 30.9. The highest BCUT2D eigenvalue weighted by Crippen LogP contribution is 2.38. The standard InChI is InChI=1S/C29H39NO8/c1-7-8-25(33)37-22-13-10-17(2)9-12-21(32)16-23-19(4)26(34)29(6,28(36)38-23)24(15-18(3)11-14-22)30-27(35)20(5)31/h9-12,14-15,19,21-24,32H,7-8,13,16H2,1-6H3,(H,30,35)/b12-9-,14-11-,17-10-,18-15-/t19?,21-,22+,23-,24-,29+/m1/s1. The van der Waals surface area contributed by atoms with Gasteiger partial charge in [0.2, 0.25) is 5.78 Å². The van der Waals surface area contributed by atoms with E-state index >= 15 is 0 Å². The van der Waals surface area contributed by atoms with Crippen molar-refractivity contribution in [2.75, 3.05) is 0 Å². The predicted octanol–water partition coefficient (Wildman–Crippen LogP) is 3.07. The van der Waals surface area contributed by atoms with Gasteiger partial charge >= 0.3 is 11.9 Å².